The molecule has 0 aliphatic carbocycles. The quantitative estimate of drug-likeness (QED) is 0.869. The van der Waals surface area contributed by atoms with Crippen molar-refractivity contribution in [1.29, 1.82) is 0 Å². The van der Waals surface area contributed by atoms with E-state index in [9.17, 15) is 8.42 Å². The molecule has 0 saturated carbocycles. The van der Waals surface area contributed by atoms with Gasteiger partial charge in [0.15, 0.2) is 0 Å². The third-order valence-electron chi connectivity index (χ3n) is 3.95. The normalized spacial score (nSPS) is 22.2. The molecule has 1 aromatic rings. The van der Waals surface area contributed by atoms with Crippen molar-refractivity contribution in [1.82, 2.24) is 4.90 Å². The van der Waals surface area contributed by atoms with E-state index >= 15 is 0 Å². The van der Waals surface area contributed by atoms with Crippen LogP contribution < -0.4 is 5.73 Å². The highest BCUT2D eigenvalue weighted by atomic mass is 32.2. The van der Waals surface area contributed by atoms with E-state index in [0.29, 0.717) is 19.4 Å². The average molecular weight is 272 g/mol. The number of hydrogen-bond donors (Lipinski definition) is 1. The van der Waals surface area contributed by atoms with Crippen molar-refractivity contribution < 1.29 is 12.8 Å². The maximum Gasteiger partial charge on any atom is 0.150 e. The predicted molar refractivity (Wildman–Crippen MR) is 69.8 cm³/mol. The van der Waals surface area contributed by atoms with E-state index in [0.717, 1.165) is 12.1 Å². The molecule has 0 radical (unpaired) electrons. The van der Waals surface area contributed by atoms with Crippen LogP contribution in [0.25, 0.3) is 0 Å². The molecule has 0 bridgehead atoms. The third-order valence-corrected chi connectivity index (χ3v) is 5.60. The lowest BCUT2D eigenvalue weighted by atomic mass is 9.90. The zero-order chi connectivity index (χ0) is 13.2. The molecule has 1 aliphatic heterocycles. The van der Waals surface area contributed by atoms with Crippen LogP contribution in [-0.2, 0) is 16.4 Å². The Morgan fingerprint density at radius 1 is 1.44 bits per heavy atom. The highest BCUT2D eigenvalue weighted by Gasteiger charge is 2.39. The minimum Gasteiger partial charge on any atom is -0.472 e. The Kier molecular flexibility index (Phi) is 3.79. The Hall–Kier alpha value is -0.850. The summed E-state index contributed by atoms with van der Waals surface area (Å²) < 4.78 is 28.1. The standard InChI is InChI=1S/C12H20N2O3S/c1-14(8-11-2-5-17-9-11)12(10-13)3-6-18(15,16)7-4-12/h2,5,9H,3-4,6-8,10,13H2,1H3. The van der Waals surface area contributed by atoms with E-state index < -0.39 is 9.84 Å². The van der Waals surface area contributed by atoms with Gasteiger partial charge in [0.25, 0.3) is 0 Å². The summed E-state index contributed by atoms with van der Waals surface area (Å²) in [4.78, 5) is 2.16. The van der Waals surface area contributed by atoms with Gasteiger partial charge in [-0.05, 0) is 26.0 Å². The Labute approximate surface area is 108 Å². The molecule has 102 valence electrons. The molecule has 1 aliphatic rings. The summed E-state index contributed by atoms with van der Waals surface area (Å²) in [5, 5.41) is 0. The van der Waals surface area contributed by atoms with E-state index in [-0.39, 0.29) is 17.0 Å². The zero-order valence-electron chi connectivity index (χ0n) is 10.6. The maximum atomic E-state index is 11.5. The van der Waals surface area contributed by atoms with Crippen LogP contribution in [0.15, 0.2) is 23.0 Å². The minimum atomic E-state index is -2.86. The van der Waals surface area contributed by atoms with Gasteiger partial charge in [0.1, 0.15) is 9.84 Å². The fraction of sp³-hybridized carbons (Fsp3) is 0.667. The first-order chi connectivity index (χ1) is 8.47. The van der Waals surface area contributed by atoms with Crippen LogP contribution in [0.3, 0.4) is 0 Å². The SMILES string of the molecule is CN(Cc1ccoc1)C1(CN)CCS(=O)(=O)CC1. The molecule has 1 saturated heterocycles. The van der Waals surface area contributed by atoms with Crippen molar-refractivity contribution in [2.45, 2.75) is 24.9 Å². The molecule has 0 spiro atoms. The zero-order valence-corrected chi connectivity index (χ0v) is 11.4. The van der Waals surface area contributed by atoms with Crippen molar-refractivity contribution in [3.63, 3.8) is 0 Å². The summed E-state index contributed by atoms with van der Waals surface area (Å²) in [5.41, 5.74) is 6.77. The molecule has 1 fully saturated rings. The largest absolute Gasteiger partial charge is 0.472 e. The lowest BCUT2D eigenvalue weighted by molar-refractivity contribution is 0.105. The van der Waals surface area contributed by atoms with Crippen molar-refractivity contribution in [3.8, 4) is 0 Å². The molecule has 0 unspecified atom stereocenters. The molecular formula is C12H20N2O3S. The molecule has 2 N–H and O–H groups in total. The number of nitrogens with two attached hydrogens (primary N) is 1. The van der Waals surface area contributed by atoms with E-state index in [2.05, 4.69) is 4.90 Å². The van der Waals surface area contributed by atoms with Crippen LogP contribution in [0, 0.1) is 0 Å². The number of nitrogens with zero attached hydrogens (tertiary/aromatic N) is 1. The molecule has 18 heavy (non-hydrogen) atoms. The van der Waals surface area contributed by atoms with Crippen LogP contribution in [-0.4, -0.2) is 44.0 Å². The fourth-order valence-electron chi connectivity index (χ4n) is 2.48. The van der Waals surface area contributed by atoms with Gasteiger partial charge in [-0.15, -0.1) is 0 Å². The molecule has 0 amide bonds. The first kappa shape index (κ1) is 13.6. The average Bonchev–Trinajstić information content (AvgIpc) is 2.82. The topological polar surface area (TPSA) is 76.5 Å². The summed E-state index contributed by atoms with van der Waals surface area (Å²) in [6.07, 6.45) is 4.57. The molecule has 0 atom stereocenters. The number of rotatable bonds is 4. The molecule has 2 heterocycles. The summed E-state index contributed by atoms with van der Waals surface area (Å²) in [6, 6.07) is 1.92. The number of furan rings is 1. The smallest absolute Gasteiger partial charge is 0.150 e. The van der Waals surface area contributed by atoms with Crippen LogP contribution in [0.4, 0.5) is 0 Å². The van der Waals surface area contributed by atoms with Crippen LogP contribution in [0.1, 0.15) is 18.4 Å². The molecule has 6 heteroatoms. The Morgan fingerprint density at radius 2 is 2.11 bits per heavy atom. The first-order valence-electron chi connectivity index (χ1n) is 6.10. The van der Waals surface area contributed by atoms with Crippen molar-refractivity contribution >= 4 is 9.84 Å². The predicted octanol–water partition coefficient (Wildman–Crippen LogP) is 0.618. The fourth-order valence-corrected chi connectivity index (χ4v) is 4.07. The Morgan fingerprint density at radius 3 is 2.61 bits per heavy atom. The van der Waals surface area contributed by atoms with Crippen molar-refractivity contribution in [2.24, 2.45) is 5.73 Å². The van der Waals surface area contributed by atoms with Gasteiger partial charge >= 0.3 is 0 Å². The summed E-state index contributed by atoms with van der Waals surface area (Å²) in [5.74, 6) is 0.472. The monoisotopic (exact) mass is 272 g/mol. The van der Waals surface area contributed by atoms with E-state index in [4.69, 9.17) is 10.2 Å². The lowest BCUT2D eigenvalue weighted by Gasteiger charge is -2.43. The third kappa shape index (κ3) is 2.76. The van der Waals surface area contributed by atoms with E-state index in [1.807, 2.05) is 13.1 Å². The van der Waals surface area contributed by atoms with Gasteiger partial charge in [-0.3, -0.25) is 4.90 Å². The minimum absolute atomic E-state index is 0.206. The summed E-state index contributed by atoms with van der Waals surface area (Å²) in [6.45, 7) is 1.21. The molecule has 5 nitrogen and oxygen atoms in total. The number of likely N-dealkylation sites (N-methyl/N-ethyl adjacent to an activating group) is 1. The van der Waals surface area contributed by atoms with Gasteiger partial charge < -0.3 is 10.2 Å². The second-order valence-corrected chi connectivity index (χ2v) is 7.37. The summed E-state index contributed by atoms with van der Waals surface area (Å²) in [7, 11) is -0.862. The van der Waals surface area contributed by atoms with Crippen molar-refractivity contribution in [2.75, 3.05) is 25.1 Å². The van der Waals surface area contributed by atoms with Gasteiger partial charge in [-0.25, -0.2) is 8.42 Å². The number of sulfone groups is 1. The molecular weight excluding hydrogens is 252 g/mol. The second kappa shape index (κ2) is 5.03. The van der Waals surface area contributed by atoms with Gasteiger partial charge in [0.2, 0.25) is 0 Å². The maximum absolute atomic E-state index is 11.5. The van der Waals surface area contributed by atoms with Gasteiger partial charge in [-0.1, -0.05) is 0 Å². The Balaban J connectivity index is 2.08. The lowest BCUT2D eigenvalue weighted by Crippen LogP contribution is -2.55. The van der Waals surface area contributed by atoms with Crippen LogP contribution in [0.5, 0.6) is 0 Å². The summed E-state index contributed by atoms with van der Waals surface area (Å²) >= 11 is 0. The van der Waals surface area contributed by atoms with Crippen LogP contribution in [0.2, 0.25) is 0 Å². The number of hydrogen-bond acceptors (Lipinski definition) is 5. The van der Waals surface area contributed by atoms with Gasteiger partial charge in [0, 0.05) is 24.2 Å². The molecule has 0 aromatic carbocycles. The highest BCUT2D eigenvalue weighted by Crippen LogP contribution is 2.29. The molecule has 1 aromatic heterocycles. The highest BCUT2D eigenvalue weighted by molar-refractivity contribution is 7.91. The van der Waals surface area contributed by atoms with E-state index in [1.54, 1.807) is 12.5 Å². The first-order valence-corrected chi connectivity index (χ1v) is 7.92. The second-order valence-electron chi connectivity index (χ2n) is 5.07. The van der Waals surface area contributed by atoms with Crippen molar-refractivity contribution in [3.05, 3.63) is 24.2 Å². The van der Waals surface area contributed by atoms with E-state index in [1.165, 1.54) is 0 Å². The van der Waals surface area contributed by atoms with Gasteiger partial charge in [0.05, 0.1) is 24.0 Å². The Bertz CT molecular complexity index is 467. The van der Waals surface area contributed by atoms with Gasteiger partial charge in [-0.2, -0.15) is 0 Å². The van der Waals surface area contributed by atoms with Crippen LogP contribution >= 0.6 is 0 Å². The molecule has 2 rings (SSSR count).